The quantitative estimate of drug-likeness (QED) is 0.842. The molecular weight excluding hydrogens is 202 g/mol. The molecule has 1 aromatic rings. The van der Waals surface area contributed by atoms with Crippen molar-refractivity contribution in [3.05, 3.63) is 35.9 Å². The molecule has 1 heterocycles. The van der Waals surface area contributed by atoms with Crippen molar-refractivity contribution in [2.75, 3.05) is 6.54 Å². The van der Waals surface area contributed by atoms with E-state index in [1.54, 1.807) is 0 Å². The van der Waals surface area contributed by atoms with E-state index in [2.05, 4.69) is 54.3 Å². The SMILES string of the molecule is CC1CCNC(CCc2ccccc2)S1. The van der Waals surface area contributed by atoms with Crippen molar-refractivity contribution in [3.8, 4) is 0 Å². The third-order valence-corrected chi connectivity index (χ3v) is 4.29. The molecule has 2 rings (SSSR count). The molecular formula is C13H19NS. The number of hydrogen-bond acceptors (Lipinski definition) is 2. The first kappa shape index (κ1) is 11.0. The second-order valence-corrected chi connectivity index (χ2v) is 5.85. The highest BCUT2D eigenvalue weighted by Crippen LogP contribution is 2.25. The number of nitrogens with one attached hydrogen (secondary N) is 1. The van der Waals surface area contributed by atoms with Crippen molar-refractivity contribution in [1.29, 1.82) is 0 Å². The van der Waals surface area contributed by atoms with Gasteiger partial charge in [-0.2, -0.15) is 0 Å². The zero-order valence-electron chi connectivity index (χ0n) is 9.28. The molecule has 0 saturated carbocycles. The third kappa shape index (κ3) is 3.54. The van der Waals surface area contributed by atoms with Crippen molar-refractivity contribution >= 4 is 11.8 Å². The van der Waals surface area contributed by atoms with Gasteiger partial charge >= 0.3 is 0 Å². The Morgan fingerprint density at radius 2 is 2.13 bits per heavy atom. The highest BCUT2D eigenvalue weighted by Gasteiger charge is 2.17. The zero-order chi connectivity index (χ0) is 10.5. The lowest BCUT2D eigenvalue weighted by atomic mass is 10.1. The molecule has 1 aliphatic heterocycles. The van der Waals surface area contributed by atoms with E-state index < -0.39 is 0 Å². The van der Waals surface area contributed by atoms with E-state index in [1.165, 1.54) is 31.4 Å². The van der Waals surface area contributed by atoms with Gasteiger partial charge in [0.05, 0.1) is 5.37 Å². The monoisotopic (exact) mass is 221 g/mol. The van der Waals surface area contributed by atoms with Gasteiger partial charge in [-0.1, -0.05) is 37.3 Å². The number of hydrogen-bond donors (Lipinski definition) is 1. The smallest absolute Gasteiger partial charge is 0.0538 e. The minimum atomic E-state index is 0.661. The molecule has 1 N–H and O–H groups in total. The molecule has 0 aliphatic carbocycles. The van der Waals surface area contributed by atoms with E-state index in [1.807, 2.05) is 0 Å². The lowest BCUT2D eigenvalue weighted by Crippen LogP contribution is -2.35. The van der Waals surface area contributed by atoms with Gasteiger partial charge in [0.25, 0.3) is 0 Å². The molecule has 1 saturated heterocycles. The van der Waals surface area contributed by atoms with Gasteiger partial charge in [0.1, 0.15) is 0 Å². The van der Waals surface area contributed by atoms with Crippen LogP contribution in [0, 0.1) is 0 Å². The van der Waals surface area contributed by atoms with Crippen molar-refractivity contribution in [2.45, 2.75) is 36.8 Å². The fourth-order valence-corrected chi connectivity index (χ4v) is 3.24. The Hall–Kier alpha value is -0.470. The largest absolute Gasteiger partial charge is 0.305 e. The van der Waals surface area contributed by atoms with Gasteiger partial charge in [0.2, 0.25) is 0 Å². The van der Waals surface area contributed by atoms with Crippen LogP contribution < -0.4 is 5.32 Å². The molecule has 2 atom stereocenters. The highest BCUT2D eigenvalue weighted by atomic mass is 32.2. The lowest BCUT2D eigenvalue weighted by molar-refractivity contribution is 0.562. The molecule has 1 aliphatic rings. The topological polar surface area (TPSA) is 12.0 Å². The normalized spacial score (nSPS) is 26.5. The summed E-state index contributed by atoms with van der Waals surface area (Å²) in [6.07, 6.45) is 3.75. The first-order chi connectivity index (χ1) is 7.34. The molecule has 1 aromatic carbocycles. The Bertz CT molecular complexity index is 286. The predicted octanol–water partition coefficient (Wildman–Crippen LogP) is 3.06. The van der Waals surface area contributed by atoms with Crippen LogP contribution in [0.15, 0.2) is 30.3 Å². The molecule has 0 aromatic heterocycles. The Labute approximate surface area is 96.7 Å². The van der Waals surface area contributed by atoms with Crippen LogP contribution in [0.25, 0.3) is 0 Å². The molecule has 82 valence electrons. The van der Waals surface area contributed by atoms with Crippen molar-refractivity contribution < 1.29 is 0 Å². The van der Waals surface area contributed by atoms with Crippen LogP contribution in [0.4, 0.5) is 0 Å². The standard InChI is InChI=1S/C13H19NS/c1-11-9-10-14-13(15-11)8-7-12-5-3-2-4-6-12/h2-6,11,13-14H,7-10H2,1H3. The Morgan fingerprint density at radius 3 is 2.87 bits per heavy atom. The first-order valence-corrected chi connectivity index (χ1v) is 6.71. The zero-order valence-corrected chi connectivity index (χ0v) is 10.1. The van der Waals surface area contributed by atoms with Crippen LogP contribution in [0.5, 0.6) is 0 Å². The lowest BCUT2D eigenvalue weighted by Gasteiger charge is -2.27. The van der Waals surface area contributed by atoms with Crippen molar-refractivity contribution in [2.24, 2.45) is 0 Å². The molecule has 2 heteroatoms. The van der Waals surface area contributed by atoms with Crippen LogP contribution >= 0.6 is 11.8 Å². The number of aryl methyl sites for hydroxylation is 1. The maximum atomic E-state index is 3.58. The average molecular weight is 221 g/mol. The van der Waals surface area contributed by atoms with Gasteiger partial charge in [-0.25, -0.2) is 0 Å². The fraction of sp³-hybridized carbons (Fsp3) is 0.538. The first-order valence-electron chi connectivity index (χ1n) is 5.77. The van der Waals surface area contributed by atoms with Crippen LogP contribution in [-0.4, -0.2) is 17.2 Å². The van der Waals surface area contributed by atoms with E-state index in [4.69, 9.17) is 0 Å². The summed E-state index contributed by atoms with van der Waals surface area (Å²) in [6.45, 7) is 3.52. The van der Waals surface area contributed by atoms with E-state index in [9.17, 15) is 0 Å². The predicted molar refractivity (Wildman–Crippen MR) is 68.2 cm³/mol. The van der Waals surface area contributed by atoms with Crippen LogP contribution in [0.1, 0.15) is 25.3 Å². The summed E-state index contributed by atoms with van der Waals surface area (Å²) in [6, 6.07) is 10.8. The second-order valence-electron chi connectivity index (χ2n) is 4.20. The molecule has 0 radical (unpaired) electrons. The molecule has 0 amide bonds. The molecule has 2 unspecified atom stereocenters. The van der Waals surface area contributed by atoms with Gasteiger partial charge in [0.15, 0.2) is 0 Å². The van der Waals surface area contributed by atoms with Gasteiger partial charge in [-0.15, -0.1) is 11.8 Å². The van der Waals surface area contributed by atoms with E-state index in [-0.39, 0.29) is 0 Å². The van der Waals surface area contributed by atoms with E-state index in [0.29, 0.717) is 5.37 Å². The summed E-state index contributed by atoms with van der Waals surface area (Å²) in [7, 11) is 0. The maximum absolute atomic E-state index is 3.58. The minimum Gasteiger partial charge on any atom is -0.305 e. The Balaban J connectivity index is 1.78. The Kier molecular flexibility index (Phi) is 4.09. The molecule has 1 fully saturated rings. The summed E-state index contributed by atoms with van der Waals surface area (Å²) in [4.78, 5) is 0. The van der Waals surface area contributed by atoms with Gasteiger partial charge in [-0.05, 0) is 31.4 Å². The van der Waals surface area contributed by atoms with Gasteiger partial charge in [0, 0.05) is 5.25 Å². The van der Waals surface area contributed by atoms with Crippen LogP contribution in [-0.2, 0) is 6.42 Å². The average Bonchev–Trinajstić information content (AvgIpc) is 2.28. The van der Waals surface area contributed by atoms with E-state index >= 15 is 0 Å². The summed E-state index contributed by atoms with van der Waals surface area (Å²) in [5, 5.41) is 5.07. The number of thioether (sulfide) groups is 1. The van der Waals surface area contributed by atoms with Gasteiger partial charge in [-0.3, -0.25) is 0 Å². The van der Waals surface area contributed by atoms with Crippen LogP contribution in [0.2, 0.25) is 0 Å². The van der Waals surface area contributed by atoms with E-state index in [0.717, 1.165) is 5.25 Å². The summed E-state index contributed by atoms with van der Waals surface area (Å²) >= 11 is 2.09. The summed E-state index contributed by atoms with van der Waals surface area (Å²) in [5.41, 5.74) is 1.46. The summed E-state index contributed by atoms with van der Waals surface area (Å²) < 4.78 is 0. The fourth-order valence-electron chi connectivity index (χ4n) is 1.96. The summed E-state index contributed by atoms with van der Waals surface area (Å²) in [5.74, 6) is 0. The second kappa shape index (κ2) is 5.57. The minimum absolute atomic E-state index is 0.661. The Morgan fingerprint density at radius 1 is 1.33 bits per heavy atom. The van der Waals surface area contributed by atoms with Crippen LogP contribution in [0.3, 0.4) is 0 Å². The molecule has 0 spiro atoms. The number of rotatable bonds is 3. The highest BCUT2D eigenvalue weighted by molar-refractivity contribution is 8.00. The van der Waals surface area contributed by atoms with Crippen molar-refractivity contribution in [3.63, 3.8) is 0 Å². The molecule has 1 nitrogen and oxygen atoms in total. The van der Waals surface area contributed by atoms with Crippen molar-refractivity contribution in [1.82, 2.24) is 5.32 Å². The van der Waals surface area contributed by atoms with Gasteiger partial charge < -0.3 is 5.32 Å². The third-order valence-electron chi connectivity index (χ3n) is 2.86. The molecule has 0 bridgehead atoms. The maximum Gasteiger partial charge on any atom is 0.0538 e. The molecule has 15 heavy (non-hydrogen) atoms. The number of benzene rings is 1.